The molecule has 2 aromatic carbocycles. The van der Waals surface area contributed by atoms with E-state index in [-0.39, 0.29) is 10.8 Å². The van der Waals surface area contributed by atoms with Gasteiger partial charge in [0.15, 0.2) is 9.84 Å². The SMILES string of the molecule is CCCc1cc2cc(S(C)(=O)=O)ccc2n1C(=O)c1cc(Br)ccc1Cl. The molecule has 4 nitrogen and oxygen atoms in total. The molecule has 0 bridgehead atoms. The van der Waals surface area contributed by atoms with Gasteiger partial charge in [0, 0.05) is 21.8 Å². The van der Waals surface area contributed by atoms with Crippen LogP contribution < -0.4 is 0 Å². The Morgan fingerprint density at radius 2 is 1.88 bits per heavy atom. The van der Waals surface area contributed by atoms with Crippen LogP contribution in [0.3, 0.4) is 0 Å². The first-order valence-electron chi connectivity index (χ1n) is 8.06. The quantitative estimate of drug-likeness (QED) is 0.551. The van der Waals surface area contributed by atoms with Gasteiger partial charge in [-0.3, -0.25) is 9.36 Å². The highest BCUT2D eigenvalue weighted by Crippen LogP contribution is 2.28. The van der Waals surface area contributed by atoms with Crippen LogP contribution >= 0.6 is 27.5 Å². The van der Waals surface area contributed by atoms with Crippen LogP contribution in [0.4, 0.5) is 0 Å². The summed E-state index contributed by atoms with van der Waals surface area (Å²) in [6.07, 6.45) is 2.72. The van der Waals surface area contributed by atoms with E-state index in [0.717, 1.165) is 22.0 Å². The molecule has 0 fully saturated rings. The lowest BCUT2D eigenvalue weighted by Gasteiger charge is -2.11. The number of sulfone groups is 1. The maximum atomic E-state index is 13.2. The zero-order valence-electron chi connectivity index (χ0n) is 14.3. The first-order valence-corrected chi connectivity index (χ1v) is 11.1. The number of aryl methyl sites for hydroxylation is 1. The maximum Gasteiger partial charge on any atom is 0.264 e. The van der Waals surface area contributed by atoms with Crippen molar-refractivity contribution >= 4 is 54.2 Å². The largest absolute Gasteiger partial charge is 0.280 e. The van der Waals surface area contributed by atoms with Crippen LogP contribution in [0.5, 0.6) is 0 Å². The van der Waals surface area contributed by atoms with Crippen molar-refractivity contribution in [2.75, 3.05) is 6.26 Å². The van der Waals surface area contributed by atoms with E-state index < -0.39 is 9.84 Å². The van der Waals surface area contributed by atoms with Crippen molar-refractivity contribution in [3.05, 3.63) is 63.2 Å². The van der Waals surface area contributed by atoms with Gasteiger partial charge in [-0.1, -0.05) is 40.9 Å². The summed E-state index contributed by atoms with van der Waals surface area (Å²) in [5.74, 6) is -0.234. The second-order valence-corrected chi connectivity index (χ2v) is 9.48. The second-order valence-electron chi connectivity index (χ2n) is 6.14. The predicted molar refractivity (Wildman–Crippen MR) is 108 cm³/mol. The fourth-order valence-electron chi connectivity index (χ4n) is 2.94. The summed E-state index contributed by atoms with van der Waals surface area (Å²) in [5.41, 5.74) is 1.89. The number of hydrogen-bond acceptors (Lipinski definition) is 3. The van der Waals surface area contributed by atoms with Crippen molar-refractivity contribution in [1.82, 2.24) is 4.57 Å². The van der Waals surface area contributed by atoms with Crippen molar-refractivity contribution in [2.45, 2.75) is 24.7 Å². The molecule has 0 aliphatic carbocycles. The number of aromatic nitrogens is 1. The third-order valence-corrected chi connectivity index (χ3v) is 6.08. The number of hydrogen-bond donors (Lipinski definition) is 0. The third kappa shape index (κ3) is 3.59. The van der Waals surface area contributed by atoms with Crippen LogP contribution in [0.25, 0.3) is 10.9 Å². The smallest absolute Gasteiger partial charge is 0.264 e. The van der Waals surface area contributed by atoms with Crippen LogP contribution in [0.1, 0.15) is 29.4 Å². The summed E-state index contributed by atoms with van der Waals surface area (Å²) in [7, 11) is -3.32. The molecular formula is C19H17BrClNO3S. The van der Waals surface area contributed by atoms with Crippen LogP contribution in [-0.2, 0) is 16.3 Å². The van der Waals surface area contributed by atoms with Gasteiger partial charge in [0.1, 0.15) is 0 Å². The molecule has 0 radical (unpaired) electrons. The number of fused-ring (bicyclic) bond motifs is 1. The highest BCUT2D eigenvalue weighted by atomic mass is 79.9. The van der Waals surface area contributed by atoms with E-state index in [4.69, 9.17) is 11.6 Å². The number of carbonyl (C=O) groups excluding carboxylic acids is 1. The molecule has 0 saturated heterocycles. The predicted octanol–water partition coefficient (Wildman–Crippen LogP) is 5.10. The summed E-state index contributed by atoms with van der Waals surface area (Å²) >= 11 is 9.61. The second kappa shape index (κ2) is 7.18. The van der Waals surface area contributed by atoms with Crippen molar-refractivity contribution in [3.8, 4) is 0 Å². The molecule has 1 aromatic heterocycles. The average Bonchev–Trinajstić information content (AvgIpc) is 2.93. The zero-order valence-corrected chi connectivity index (χ0v) is 17.5. The van der Waals surface area contributed by atoms with Crippen molar-refractivity contribution in [2.24, 2.45) is 0 Å². The lowest BCUT2D eigenvalue weighted by Crippen LogP contribution is -2.15. The first kappa shape index (κ1) is 19.1. The molecule has 0 amide bonds. The standard InChI is InChI=1S/C19H17BrClNO3S/c1-3-4-14-9-12-10-15(26(2,24)25)6-8-18(12)22(14)19(23)16-11-13(20)5-7-17(16)21/h5-11H,3-4H2,1-2H3. The van der Waals surface area contributed by atoms with Gasteiger partial charge < -0.3 is 0 Å². The van der Waals surface area contributed by atoms with Gasteiger partial charge in [0.25, 0.3) is 5.91 Å². The molecule has 0 spiro atoms. The van der Waals surface area contributed by atoms with E-state index in [9.17, 15) is 13.2 Å². The molecule has 136 valence electrons. The van der Waals surface area contributed by atoms with Gasteiger partial charge in [-0.2, -0.15) is 0 Å². The zero-order chi connectivity index (χ0) is 19.1. The molecule has 3 aromatic rings. The minimum Gasteiger partial charge on any atom is -0.280 e. The lowest BCUT2D eigenvalue weighted by molar-refractivity contribution is 0.0962. The minimum absolute atomic E-state index is 0.234. The Hall–Kier alpha value is -1.63. The van der Waals surface area contributed by atoms with E-state index >= 15 is 0 Å². The Morgan fingerprint density at radius 3 is 2.54 bits per heavy atom. The minimum atomic E-state index is -3.32. The highest BCUT2D eigenvalue weighted by Gasteiger charge is 2.20. The Labute approximate surface area is 165 Å². The molecule has 0 aliphatic heterocycles. The molecule has 0 saturated carbocycles. The van der Waals surface area contributed by atoms with E-state index in [0.29, 0.717) is 22.5 Å². The van der Waals surface area contributed by atoms with Gasteiger partial charge in [0.2, 0.25) is 0 Å². The molecular weight excluding hydrogens is 438 g/mol. The fourth-order valence-corrected chi connectivity index (χ4v) is 4.16. The van der Waals surface area contributed by atoms with Gasteiger partial charge in [0.05, 0.1) is 21.0 Å². The summed E-state index contributed by atoms with van der Waals surface area (Å²) in [6.45, 7) is 2.03. The van der Waals surface area contributed by atoms with Gasteiger partial charge in [-0.05, 0) is 48.9 Å². The normalized spacial score (nSPS) is 11.8. The fraction of sp³-hybridized carbons (Fsp3) is 0.211. The van der Waals surface area contributed by atoms with Crippen LogP contribution in [-0.4, -0.2) is 25.1 Å². The van der Waals surface area contributed by atoms with E-state index in [1.807, 2.05) is 13.0 Å². The van der Waals surface area contributed by atoms with Gasteiger partial charge >= 0.3 is 0 Å². The van der Waals surface area contributed by atoms with Crippen molar-refractivity contribution in [1.29, 1.82) is 0 Å². The van der Waals surface area contributed by atoms with Crippen LogP contribution in [0.15, 0.2) is 51.8 Å². The van der Waals surface area contributed by atoms with Crippen molar-refractivity contribution in [3.63, 3.8) is 0 Å². The summed E-state index contributed by atoms with van der Waals surface area (Å²) < 4.78 is 26.1. The molecule has 7 heteroatoms. The van der Waals surface area contributed by atoms with Crippen LogP contribution in [0.2, 0.25) is 5.02 Å². The number of halogens is 2. The third-order valence-electron chi connectivity index (χ3n) is 4.15. The topological polar surface area (TPSA) is 56.1 Å². The lowest BCUT2D eigenvalue weighted by atomic mass is 10.2. The van der Waals surface area contributed by atoms with Crippen molar-refractivity contribution < 1.29 is 13.2 Å². The summed E-state index contributed by atoms with van der Waals surface area (Å²) in [5, 5.41) is 1.09. The number of nitrogens with zero attached hydrogens (tertiary/aromatic N) is 1. The molecule has 1 heterocycles. The molecule has 0 N–H and O–H groups in total. The highest BCUT2D eigenvalue weighted by molar-refractivity contribution is 9.10. The number of benzene rings is 2. The Balaban J connectivity index is 2.25. The van der Waals surface area contributed by atoms with Gasteiger partial charge in [-0.25, -0.2) is 8.42 Å². The Morgan fingerprint density at radius 1 is 1.15 bits per heavy atom. The first-order chi connectivity index (χ1) is 12.2. The Bertz CT molecular complexity index is 1120. The van der Waals surface area contributed by atoms with E-state index in [1.54, 1.807) is 34.9 Å². The summed E-state index contributed by atoms with van der Waals surface area (Å²) in [4.78, 5) is 13.4. The molecule has 0 aliphatic rings. The average molecular weight is 455 g/mol. The summed E-state index contributed by atoms with van der Waals surface area (Å²) in [6, 6.07) is 11.8. The van der Waals surface area contributed by atoms with Gasteiger partial charge in [-0.15, -0.1) is 0 Å². The monoisotopic (exact) mass is 453 g/mol. The number of rotatable bonds is 4. The molecule has 0 atom stereocenters. The van der Waals surface area contributed by atoms with E-state index in [1.165, 1.54) is 12.3 Å². The van der Waals surface area contributed by atoms with E-state index in [2.05, 4.69) is 15.9 Å². The molecule has 0 unspecified atom stereocenters. The maximum absolute atomic E-state index is 13.2. The van der Waals surface area contributed by atoms with Crippen LogP contribution in [0, 0.1) is 0 Å². The Kier molecular flexibility index (Phi) is 5.28. The number of carbonyl (C=O) groups is 1. The molecule has 3 rings (SSSR count). The molecule has 26 heavy (non-hydrogen) atoms.